The molecule has 30 heavy (non-hydrogen) atoms. The van der Waals surface area contributed by atoms with E-state index >= 15 is 0 Å². The van der Waals surface area contributed by atoms with Crippen molar-refractivity contribution in [3.8, 4) is 16.8 Å². The number of hydrogen-bond acceptors (Lipinski definition) is 3. The molecule has 0 amide bonds. The van der Waals surface area contributed by atoms with Crippen LogP contribution in [0.25, 0.3) is 49.8 Å². The van der Waals surface area contributed by atoms with Crippen LogP contribution in [-0.2, 0) is 5.75 Å². The second-order valence-corrected chi connectivity index (χ2v) is 8.62. The van der Waals surface area contributed by atoms with E-state index < -0.39 is 0 Å². The Kier molecular flexibility index (Phi) is 3.26. The minimum absolute atomic E-state index is 0.889. The first kappa shape index (κ1) is 16.3. The van der Waals surface area contributed by atoms with Crippen molar-refractivity contribution in [3.63, 3.8) is 0 Å². The molecule has 3 nitrogen and oxygen atoms in total. The lowest BCUT2D eigenvalue weighted by atomic mass is 10.0. The number of imidazole rings is 1. The van der Waals surface area contributed by atoms with Gasteiger partial charge in [0.2, 0.25) is 0 Å². The molecular weight excluding hydrogens is 388 g/mol. The van der Waals surface area contributed by atoms with E-state index in [1.165, 1.54) is 10.6 Å². The summed E-state index contributed by atoms with van der Waals surface area (Å²) in [6.45, 7) is 0. The van der Waals surface area contributed by atoms with Crippen LogP contribution >= 0.6 is 11.8 Å². The lowest BCUT2D eigenvalue weighted by Gasteiger charge is -2.18. The summed E-state index contributed by atoms with van der Waals surface area (Å²) in [6, 6.07) is 29.7. The van der Waals surface area contributed by atoms with Gasteiger partial charge in [0, 0.05) is 21.2 Å². The predicted molar refractivity (Wildman–Crippen MR) is 123 cm³/mol. The molecule has 0 saturated carbocycles. The number of thioether (sulfide) groups is 1. The third kappa shape index (κ3) is 2.20. The second kappa shape index (κ2) is 6.00. The van der Waals surface area contributed by atoms with E-state index in [1.807, 2.05) is 23.9 Å². The Morgan fingerprint density at radius 2 is 1.70 bits per heavy atom. The van der Waals surface area contributed by atoms with E-state index in [1.54, 1.807) is 0 Å². The van der Waals surface area contributed by atoms with E-state index in [-0.39, 0.29) is 0 Å². The lowest BCUT2D eigenvalue weighted by Crippen LogP contribution is -2.05. The molecule has 0 fully saturated rings. The summed E-state index contributed by atoms with van der Waals surface area (Å²) in [4.78, 5) is 6.28. The Labute approximate surface area is 177 Å². The Hall–Kier alpha value is -3.50. The van der Waals surface area contributed by atoms with Crippen LogP contribution in [0.2, 0.25) is 0 Å². The number of rotatable bonds is 1. The number of nitrogens with zero attached hydrogens (tertiary/aromatic N) is 2. The minimum atomic E-state index is 0.889. The van der Waals surface area contributed by atoms with Crippen molar-refractivity contribution in [1.29, 1.82) is 0 Å². The van der Waals surface area contributed by atoms with Crippen LogP contribution in [0.15, 0.2) is 94.2 Å². The molecule has 4 aromatic carbocycles. The fraction of sp³-hybridized carbons (Fsp3) is 0.0385. The molecule has 0 unspecified atom stereocenters. The smallest absolute Gasteiger partial charge is 0.143 e. The summed E-state index contributed by atoms with van der Waals surface area (Å²) < 4.78 is 8.55. The number of hydrogen-bond donors (Lipinski definition) is 0. The molecule has 4 heteroatoms. The molecule has 2 aromatic heterocycles. The molecule has 1 aliphatic rings. The minimum Gasteiger partial charge on any atom is -0.455 e. The molecule has 0 saturated heterocycles. The molecule has 142 valence electrons. The van der Waals surface area contributed by atoms with Crippen molar-refractivity contribution >= 4 is 44.7 Å². The third-order valence-electron chi connectivity index (χ3n) is 5.90. The van der Waals surface area contributed by atoms with Crippen LogP contribution in [0.3, 0.4) is 0 Å². The van der Waals surface area contributed by atoms with Gasteiger partial charge in [-0.15, -0.1) is 11.8 Å². The van der Waals surface area contributed by atoms with Crippen molar-refractivity contribution in [2.75, 3.05) is 0 Å². The summed E-state index contributed by atoms with van der Waals surface area (Å²) >= 11 is 1.85. The maximum Gasteiger partial charge on any atom is 0.143 e. The van der Waals surface area contributed by atoms with E-state index in [9.17, 15) is 0 Å². The Morgan fingerprint density at radius 3 is 2.70 bits per heavy atom. The topological polar surface area (TPSA) is 31.0 Å². The maximum atomic E-state index is 6.25. The van der Waals surface area contributed by atoms with Crippen LogP contribution in [0.1, 0.15) is 5.82 Å². The standard InChI is InChI=1S/C26H16N2OS/c1-3-10-23-18(6-1)19-8-5-7-17(26(19)29-23)16-12-13-21-20(14-16)27-25-15-30-24-11-4-2-9-22(24)28(21)25/h1-14H,15H2. The molecule has 6 aromatic rings. The molecule has 0 N–H and O–H groups in total. The normalized spacial score (nSPS) is 13.1. The lowest BCUT2D eigenvalue weighted by molar-refractivity contribution is 0.670. The number of para-hydroxylation sites is 3. The fourth-order valence-electron chi connectivity index (χ4n) is 4.54. The van der Waals surface area contributed by atoms with Gasteiger partial charge in [-0.05, 0) is 35.9 Å². The number of furan rings is 1. The molecule has 0 spiro atoms. The van der Waals surface area contributed by atoms with E-state index in [0.29, 0.717) is 0 Å². The number of fused-ring (bicyclic) bond motifs is 8. The largest absolute Gasteiger partial charge is 0.455 e. The summed E-state index contributed by atoms with van der Waals surface area (Å²) in [5.41, 5.74) is 7.48. The van der Waals surface area contributed by atoms with Gasteiger partial charge in [0.05, 0.1) is 22.5 Å². The number of aromatic nitrogens is 2. The van der Waals surface area contributed by atoms with Gasteiger partial charge in [-0.2, -0.15) is 0 Å². The van der Waals surface area contributed by atoms with Crippen molar-refractivity contribution in [1.82, 2.24) is 9.55 Å². The van der Waals surface area contributed by atoms with Crippen LogP contribution in [0.4, 0.5) is 0 Å². The van der Waals surface area contributed by atoms with Gasteiger partial charge < -0.3 is 4.42 Å². The zero-order valence-corrected chi connectivity index (χ0v) is 16.8. The SMILES string of the molecule is c1ccc2c(c1)SCc1nc3cc(-c4cccc5c4oc4ccccc45)ccc3n1-2. The zero-order chi connectivity index (χ0) is 19.7. The van der Waals surface area contributed by atoms with Gasteiger partial charge in [-0.1, -0.05) is 54.6 Å². The highest BCUT2D eigenvalue weighted by Crippen LogP contribution is 2.40. The summed E-state index contributed by atoms with van der Waals surface area (Å²) in [5, 5.41) is 2.30. The average molecular weight is 404 g/mol. The van der Waals surface area contributed by atoms with Crippen LogP contribution in [0.5, 0.6) is 0 Å². The predicted octanol–water partition coefficient (Wildman–Crippen LogP) is 7.20. The molecule has 0 radical (unpaired) electrons. The van der Waals surface area contributed by atoms with Crippen LogP contribution in [-0.4, -0.2) is 9.55 Å². The summed E-state index contributed by atoms with van der Waals surface area (Å²) in [6.07, 6.45) is 0. The first-order valence-corrected chi connectivity index (χ1v) is 11.0. The van der Waals surface area contributed by atoms with E-state index in [2.05, 4.69) is 77.4 Å². The molecule has 7 rings (SSSR count). The average Bonchev–Trinajstić information content (AvgIpc) is 3.37. The van der Waals surface area contributed by atoms with Gasteiger partial charge in [0.1, 0.15) is 17.0 Å². The van der Waals surface area contributed by atoms with E-state index in [0.717, 1.165) is 55.7 Å². The molecule has 1 aliphatic heterocycles. The van der Waals surface area contributed by atoms with Crippen molar-refractivity contribution < 1.29 is 4.42 Å². The van der Waals surface area contributed by atoms with Gasteiger partial charge in [0.25, 0.3) is 0 Å². The fourth-order valence-corrected chi connectivity index (χ4v) is 5.50. The molecule has 0 atom stereocenters. The van der Waals surface area contributed by atoms with Gasteiger partial charge in [-0.25, -0.2) is 4.98 Å². The Morgan fingerprint density at radius 1 is 0.833 bits per heavy atom. The Bertz CT molecular complexity index is 1610. The second-order valence-electron chi connectivity index (χ2n) is 7.60. The van der Waals surface area contributed by atoms with Crippen molar-refractivity contribution in [2.24, 2.45) is 0 Å². The van der Waals surface area contributed by atoms with Gasteiger partial charge in [0.15, 0.2) is 0 Å². The van der Waals surface area contributed by atoms with E-state index in [4.69, 9.17) is 9.40 Å². The first-order valence-electron chi connectivity index (χ1n) is 10.0. The summed E-state index contributed by atoms with van der Waals surface area (Å²) in [7, 11) is 0. The van der Waals surface area contributed by atoms with Crippen LogP contribution in [0, 0.1) is 0 Å². The third-order valence-corrected chi connectivity index (χ3v) is 6.96. The molecule has 0 aliphatic carbocycles. The maximum absolute atomic E-state index is 6.25. The van der Waals surface area contributed by atoms with Gasteiger partial charge >= 0.3 is 0 Å². The number of benzene rings is 4. The van der Waals surface area contributed by atoms with Crippen LogP contribution < -0.4 is 0 Å². The van der Waals surface area contributed by atoms with Crippen molar-refractivity contribution in [3.05, 3.63) is 90.8 Å². The monoisotopic (exact) mass is 404 g/mol. The molecule has 0 bridgehead atoms. The molecular formula is C26H16N2OS. The zero-order valence-electron chi connectivity index (χ0n) is 16.0. The molecule has 3 heterocycles. The van der Waals surface area contributed by atoms with Crippen molar-refractivity contribution in [2.45, 2.75) is 10.6 Å². The summed E-state index contributed by atoms with van der Waals surface area (Å²) in [5.74, 6) is 1.99. The highest BCUT2D eigenvalue weighted by atomic mass is 32.2. The highest BCUT2D eigenvalue weighted by molar-refractivity contribution is 7.98. The highest BCUT2D eigenvalue weighted by Gasteiger charge is 2.21. The first-order chi connectivity index (χ1) is 14.9. The quantitative estimate of drug-likeness (QED) is 0.290. The Balaban J connectivity index is 1.46. The van der Waals surface area contributed by atoms with Gasteiger partial charge in [-0.3, -0.25) is 4.57 Å².